The van der Waals surface area contributed by atoms with Crippen LogP contribution in [0.2, 0.25) is 0 Å². The number of carbonyl (C=O) groups excluding carboxylic acids is 3. The molecule has 0 aliphatic carbocycles. The molecule has 0 aliphatic heterocycles. The molecule has 0 aromatic heterocycles. The maximum atomic E-state index is 12.3. The molecule has 0 atom stereocenters. The van der Waals surface area contributed by atoms with E-state index in [9.17, 15) is 14.4 Å². The summed E-state index contributed by atoms with van der Waals surface area (Å²) in [4.78, 5) is 36.0. The van der Waals surface area contributed by atoms with E-state index in [0.717, 1.165) is 4.90 Å². The second kappa shape index (κ2) is 7.08. The SMILES string of the molecule is COC(=O)c1ccc(N(C(N)=O)C(=O)Nc2ccccc2)cc1. The van der Waals surface area contributed by atoms with E-state index in [-0.39, 0.29) is 5.69 Å². The Balaban J connectivity index is 2.22. The van der Waals surface area contributed by atoms with Crippen molar-refractivity contribution < 1.29 is 19.1 Å². The van der Waals surface area contributed by atoms with Gasteiger partial charge in [0.2, 0.25) is 0 Å². The molecule has 7 heteroatoms. The van der Waals surface area contributed by atoms with E-state index in [2.05, 4.69) is 10.1 Å². The van der Waals surface area contributed by atoms with Gasteiger partial charge in [0, 0.05) is 5.69 Å². The summed E-state index contributed by atoms with van der Waals surface area (Å²) in [5.74, 6) is -0.518. The Hall–Kier alpha value is -3.35. The topological polar surface area (TPSA) is 102 Å². The second-order valence-corrected chi connectivity index (χ2v) is 4.51. The molecule has 0 spiro atoms. The summed E-state index contributed by atoms with van der Waals surface area (Å²) < 4.78 is 4.59. The van der Waals surface area contributed by atoms with Gasteiger partial charge in [-0.25, -0.2) is 19.3 Å². The van der Waals surface area contributed by atoms with Crippen LogP contribution in [0.5, 0.6) is 0 Å². The fourth-order valence-corrected chi connectivity index (χ4v) is 1.91. The number of rotatable bonds is 3. The van der Waals surface area contributed by atoms with Gasteiger partial charge in [-0.15, -0.1) is 0 Å². The summed E-state index contributed by atoms with van der Waals surface area (Å²) >= 11 is 0. The maximum absolute atomic E-state index is 12.3. The van der Waals surface area contributed by atoms with Gasteiger partial charge in [0.25, 0.3) is 0 Å². The van der Waals surface area contributed by atoms with Gasteiger partial charge in [-0.05, 0) is 36.4 Å². The van der Waals surface area contributed by atoms with E-state index in [4.69, 9.17) is 5.73 Å². The van der Waals surface area contributed by atoms with Crippen LogP contribution in [0.3, 0.4) is 0 Å². The van der Waals surface area contributed by atoms with Gasteiger partial charge in [0.15, 0.2) is 0 Å². The third-order valence-electron chi connectivity index (χ3n) is 3.00. The Morgan fingerprint density at radius 3 is 2.13 bits per heavy atom. The number of benzene rings is 2. The minimum absolute atomic E-state index is 0.235. The number of ether oxygens (including phenoxy) is 1. The van der Waals surface area contributed by atoms with Crippen molar-refractivity contribution in [3.05, 3.63) is 60.2 Å². The average molecular weight is 313 g/mol. The zero-order chi connectivity index (χ0) is 16.8. The molecule has 2 aromatic carbocycles. The number of methoxy groups -OCH3 is 1. The normalized spacial score (nSPS) is 9.78. The van der Waals surface area contributed by atoms with Gasteiger partial charge in [-0.2, -0.15) is 0 Å². The summed E-state index contributed by atoms with van der Waals surface area (Å²) in [6, 6.07) is 12.7. The number of hydrogen-bond donors (Lipinski definition) is 2. The summed E-state index contributed by atoms with van der Waals surface area (Å²) in [5, 5.41) is 2.56. The van der Waals surface area contributed by atoms with Crippen LogP contribution in [0, 0.1) is 0 Å². The molecule has 23 heavy (non-hydrogen) atoms. The highest BCUT2D eigenvalue weighted by Crippen LogP contribution is 2.17. The van der Waals surface area contributed by atoms with Crippen LogP contribution < -0.4 is 16.0 Å². The zero-order valence-corrected chi connectivity index (χ0v) is 12.4. The monoisotopic (exact) mass is 313 g/mol. The summed E-state index contributed by atoms with van der Waals surface area (Å²) in [7, 11) is 1.26. The molecule has 0 aliphatic rings. The molecule has 7 nitrogen and oxygen atoms in total. The number of amides is 4. The van der Waals surface area contributed by atoms with Crippen molar-refractivity contribution in [3.8, 4) is 0 Å². The molecule has 0 saturated carbocycles. The van der Waals surface area contributed by atoms with E-state index in [1.54, 1.807) is 30.3 Å². The highest BCUT2D eigenvalue weighted by atomic mass is 16.5. The van der Waals surface area contributed by atoms with E-state index in [1.165, 1.54) is 31.4 Å². The third-order valence-corrected chi connectivity index (χ3v) is 3.00. The second-order valence-electron chi connectivity index (χ2n) is 4.51. The molecule has 0 heterocycles. The maximum Gasteiger partial charge on any atom is 0.337 e. The van der Waals surface area contributed by atoms with Crippen LogP contribution in [0.15, 0.2) is 54.6 Å². The smallest absolute Gasteiger partial charge is 0.337 e. The number of para-hydroxylation sites is 1. The molecular weight excluding hydrogens is 298 g/mol. The number of nitrogens with zero attached hydrogens (tertiary/aromatic N) is 1. The first-order valence-electron chi connectivity index (χ1n) is 6.67. The molecule has 0 unspecified atom stereocenters. The van der Waals surface area contributed by atoms with E-state index >= 15 is 0 Å². The molecule has 0 radical (unpaired) electrons. The fourth-order valence-electron chi connectivity index (χ4n) is 1.91. The molecular formula is C16H15N3O4. The molecule has 0 saturated heterocycles. The minimum atomic E-state index is -0.941. The van der Waals surface area contributed by atoms with E-state index < -0.39 is 18.0 Å². The van der Waals surface area contributed by atoms with Gasteiger partial charge in [-0.1, -0.05) is 18.2 Å². The Bertz CT molecular complexity index is 714. The molecule has 2 aromatic rings. The average Bonchev–Trinajstić information content (AvgIpc) is 2.55. The summed E-state index contributed by atoms with van der Waals surface area (Å²) in [5.41, 5.74) is 6.34. The summed E-state index contributed by atoms with van der Waals surface area (Å²) in [6.45, 7) is 0. The summed E-state index contributed by atoms with van der Waals surface area (Å²) in [6.07, 6.45) is 0. The van der Waals surface area contributed by atoms with Crippen LogP contribution in [-0.2, 0) is 4.74 Å². The Morgan fingerprint density at radius 1 is 1.00 bits per heavy atom. The number of esters is 1. The standard InChI is InChI=1S/C16H15N3O4/c1-23-14(20)11-7-9-13(10-8-11)19(15(17)21)16(22)18-12-5-3-2-4-6-12/h2-10H,1H3,(H2,17,21)(H,18,22). The van der Waals surface area contributed by atoms with Gasteiger partial charge in [0.1, 0.15) is 0 Å². The lowest BCUT2D eigenvalue weighted by Crippen LogP contribution is -2.43. The van der Waals surface area contributed by atoms with Crippen molar-refractivity contribution in [2.75, 3.05) is 17.3 Å². The lowest BCUT2D eigenvalue weighted by Gasteiger charge is -2.19. The van der Waals surface area contributed by atoms with Gasteiger partial charge < -0.3 is 15.8 Å². The minimum Gasteiger partial charge on any atom is -0.465 e. The fraction of sp³-hybridized carbons (Fsp3) is 0.0625. The van der Waals surface area contributed by atoms with Crippen LogP contribution in [0.1, 0.15) is 10.4 Å². The highest BCUT2D eigenvalue weighted by Gasteiger charge is 2.21. The Kier molecular flexibility index (Phi) is 4.93. The van der Waals surface area contributed by atoms with Crippen LogP contribution >= 0.6 is 0 Å². The molecule has 3 N–H and O–H groups in total. The number of primary amides is 1. The third kappa shape index (κ3) is 3.85. The van der Waals surface area contributed by atoms with Gasteiger partial charge in [-0.3, -0.25) is 0 Å². The molecule has 2 rings (SSSR count). The first-order valence-corrected chi connectivity index (χ1v) is 6.67. The number of nitrogens with two attached hydrogens (primary N) is 1. The van der Waals surface area contributed by atoms with E-state index in [0.29, 0.717) is 11.3 Å². The van der Waals surface area contributed by atoms with Crippen molar-refractivity contribution in [2.45, 2.75) is 0 Å². The Morgan fingerprint density at radius 2 is 1.61 bits per heavy atom. The first kappa shape index (κ1) is 16.0. The lowest BCUT2D eigenvalue weighted by atomic mass is 10.2. The van der Waals surface area contributed by atoms with Crippen LogP contribution in [0.25, 0.3) is 0 Å². The van der Waals surface area contributed by atoms with Crippen molar-refractivity contribution in [3.63, 3.8) is 0 Å². The highest BCUT2D eigenvalue weighted by molar-refractivity contribution is 6.17. The molecule has 0 fully saturated rings. The predicted octanol–water partition coefficient (Wildman–Crippen LogP) is 2.59. The number of hydrogen-bond acceptors (Lipinski definition) is 4. The first-order chi connectivity index (χ1) is 11.0. The Labute approximate surface area is 132 Å². The van der Waals surface area contributed by atoms with Crippen LogP contribution in [0.4, 0.5) is 21.0 Å². The van der Waals surface area contributed by atoms with Crippen molar-refractivity contribution >= 4 is 29.4 Å². The molecule has 0 bridgehead atoms. The quantitative estimate of drug-likeness (QED) is 0.850. The largest absolute Gasteiger partial charge is 0.465 e. The van der Waals surface area contributed by atoms with Crippen molar-refractivity contribution in [1.29, 1.82) is 0 Å². The number of urea groups is 2. The predicted molar refractivity (Wildman–Crippen MR) is 85.3 cm³/mol. The zero-order valence-electron chi connectivity index (χ0n) is 12.4. The number of nitrogens with one attached hydrogen (secondary N) is 1. The van der Waals surface area contributed by atoms with E-state index in [1.807, 2.05) is 0 Å². The van der Waals surface area contributed by atoms with Gasteiger partial charge >= 0.3 is 18.0 Å². The van der Waals surface area contributed by atoms with Gasteiger partial charge in [0.05, 0.1) is 18.4 Å². The molecule has 118 valence electrons. The van der Waals surface area contributed by atoms with Crippen molar-refractivity contribution in [2.24, 2.45) is 5.73 Å². The van der Waals surface area contributed by atoms with Crippen LogP contribution in [-0.4, -0.2) is 25.1 Å². The number of anilines is 2. The lowest BCUT2D eigenvalue weighted by molar-refractivity contribution is 0.0600. The number of carbonyl (C=O) groups is 3. The molecule has 4 amide bonds. The number of imide groups is 1. The van der Waals surface area contributed by atoms with Crippen molar-refractivity contribution in [1.82, 2.24) is 0 Å².